The van der Waals surface area contributed by atoms with Crippen molar-refractivity contribution in [2.75, 3.05) is 19.8 Å². The van der Waals surface area contributed by atoms with Crippen molar-refractivity contribution in [3.05, 3.63) is 0 Å². The highest BCUT2D eigenvalue weighted by Gasteiger charge is 2.62. The van der Waals surface area contributed by atoms with Crippen LogP contribution in [-0.2, 0) is 37.9 Å². The van der Waals surface area contributed by atoms with Crippen LogP contribution in [0.2, 0.25) is 0 Å². The fourth-order valence-electron chi connectivity index (χ4n) is 3.66. The fourth-order valence-corrected chi connectivity index (χ4v) is 4.01. The summed E-state index contributed by atoms with van der Waals surface area (Å²) in [5, 5.41) is 0. The Labute approximate surface area is 162 Å². The third kappa shape index (κ3) is 3.50. The van der Waals surface area contributed by atoms with Crippen LogP contribution in [0.5, 0.6) is 0 Å². The van der Waals surface area contributed by atoms with Gasteiger partial charge in [0.25, 0.3) is 0 Å². The van der Waals surface area contributed by atoms with Crippen LogP contribution in [0, 0.1) is 0 Å². The van der Waals surface area contributed by atoms with E-state index in [1.165, 1.54) is 0 Å². The van der Waals surface area contributed by atoms with Crippen LogP contribution >= 0.6 is 23.2 Å². The second kappa shape index (κ2) is 6.66. The van der Waals surface area contributed by atoms with E-state index in [-0.39, 0.29) is 6.10 Å². The van der Waals surface area contributed by atoms with Gasteiger partial charge in [-0.3, -0.25) is 0 Å². The predicted molar refractivity (Wildman–Crippen MR) is 88.6 cm³/mol. The molecule has 0 radical (unpaired) electrons. The highest BCUT2D eigenvalue weighted by atomic mass is 35.5. The quantitative estimate of drug-likeness (QED) is 0.645. The van der Waals surface area contributed by atoms with E-state index in [4.69, 9.17) is 61.1 Å². The van der Waals surface area contributed by atoms with Gasteiger partial charge in [0, 0.05) is 0 Å². The molecule has 4 aliphatic rings. The second-order valence-electron chi connectivity index (χ2n) is 7.62. The van der Waals surface area contributed by atoms with Crippen molar-refractivity contribution < 1.29 is 37.9 Å². The van der Waals surface area contributed by atoms with Gasteiger partial charge in [0.1, 0.15) is 24.4 Å². The van der Waals surface area contributed by atoms with Crippen molar-refractivity contribution in [1.29, 1.82) is 0 Å². The number of fused-ring (bicyclic) bond motifs is 1. The Morgan fingerprint density at radius 1 is 0.885 bits per heavy atom. The Kier molecular flexibility index (Phi) is 5.01. The molecule has 0 saturated carbocycles. The smallest absolute Gasteiger partial charge is 0.315 e. The first kappa shape index (κ1) is 19.6. The molecule has 0 aliphatic carbocycles. The summed E-state index contributed by atoms with van der Waals surface area (Å²) < 4.78 is 46.8. The molecular weight excluding hydrogens is 391 g/mol. The van der Waals surface area contributed by atoms with E-state index in [1.54, 1.807) is 0 Å². The van der Waals surface area contributed by atoms with Crippen LogP contribution in [-0.4, -0.2) is 72.9 Å². The van der Waals surface area contributed by atoms with E-state index in [0.29, 0.717) is 19.8 Å². The van der Waals surface area contributed by atoms with Crippen LogP contribution in [0.15, 0.2) is 0 Å². The molecule has 0 unspecified atom stereocenters. The number of ether oxygens (including phenoxy) is 8. The Morgan fingerprint density at radius 3 is 2.15 bits per heavy atom. The molecule has 4 rings (SSSR count). The van der Waals surface area contributed by atoms with Gasteiger partial charge in [-0.05, 0) is 27.7 Å². The molecule has 8 nitrogen and oxygen atoms in total. The topological polar surface area (TPSA) is 73.8 Å². The molecule has 4 fully saturated rings. The summed E-state index contributed by atoms with van der Waals surface area (Å²) in [6, 6.07) is 0. The largest absolute Gasteiger partial charge is 0.348 e. The second-order valence-corrected chi connectivity index (χ2v) is 8.72. The van der Waals surface area contributed by atoms with E-state index in [0.717, 1.165) is 0 Å². The minimum absolute atomic E-state index is 0.321. The van der Waals surface area contributed by atoms with E-state index in [2.05, 4.69) is 0 Å². The highest BCUT2D eigenvalue weighted by Crippen LogP contribution is 2.45. The molecule has 0 amide bonds. The summed E-state index contributed by atoms with van der Waals surface area (Å²) in [4.78, 5) is -1.06. The lowest BCUT2D eigenvalue weighted by molar-refractivity contribution is -0.356. The summed E-state index contributed by atoms with van der Waals surface area (Å²) in [5.74, 6) is -3.10. The standard InChI is InChI=1S/C16H24Cl2O8/c1-14(2)21-7-8(23-14)9-10(11-12(22-9)26-15(3,4)24-11)25-16(13(17)18)19-5-6-20-16/h8-13H,5-7H2,1-4H3/t8-,9-,10+,11-,12-/m1/s1. The Bertz CT molecular complexity index is 536. The van der Waals surface area contributed by atoms with E-state index >= 15 is 0 Å². The van der Waals surface area contributed by atoms with Gasteiger partial charge in [0.05, 0.1) is 19.8 Å². The number of alkyl halides is 2. The zero-order valence-corrected chi connectivity index (χ0v) is 16.6. The monoisotopic (exact) mass is 414 g/mol. The predicted octanol–water partition coefficient (Wildman–Crippen LogP) is 1.90. The summed E-state index contributed by atoms with van der Waals surface area (Å²) in [6.45, 7) is 8.29. The molecule has 0 bridgehead atoms. The Balaban J connectivity index is 1.58. The molecule has 10 heteroatoms. The van der Waals surface area contributed by atoms with E-state index in [9.17, 15) is 0 Å². The average Bonchev–Trinajstić information content (AvgIpc) is 3.25. The van der Waals surface area contributed by atoms with Crippen LogP contribution in [0.4, 0.5) is 0 Å². The minimum Gasteiger partial charge on any atom is -0.348 e. The zero-order chi connectivity index (χ0) is 18.7. The molecule has 26 heavy (non-hydrogen) atoms. The summed E-state index contributed by atoms with van der Waals surface area (Å²) in [5.41, 5.74) is 0. The van der Waals surface area contributed by atoms with Gasteiger partial charge >= 0.3 is 5.97 Å². The van der Waals surface area contributed by atoms with Crippen molar-refractivity contribution in [1.82, 2.24) is 0 Å². The minimum atomic E-state index is -1.59. The van der Waals surface area contributed by atoms with Gasteiger partial charge in [-0.2, -0.15) is 0 Å². The molecule has 5 atom stereocenters. The van der Waals surface area contributed by atoms with Crippen molar-refractivity contribution in [2.45, 2.75) is 80.8 Å². The first-order chi connectivity index (χ1) is 12.1. The summed E-state index contributed by atoms with van der Waals surface area (Å²) >= 11 is 12.2. The number of halogens is 2. The molecule has 0 spiro atoms. The molecular formula is C16H24Cl2O8. The normalized spacial score (nSPS) is 43.3. The van der Waals surface area contributed by atoms with Crippen molar-refractivity contribution in [3.8, 4) is 0 Å². The first-order valence-corrected chi connectivity index (χ1v) is 9.55. The van der Waals surface area contributed by atoms with Gasteiger partial charge < -0.3 is 37.9 Å². The van der Waals surface area contributed by atoms with Crippen molar-refractivity contribution >= 4 is 23.2 Å². The lowest BCUT2D eigenvalue weighted by atomic mass is 10.1. The third-order valence-electron chi connectivity index (χ3n) is 4.68. The third-order valence-corrected chi connectivity index (χ3v) is 5.22. The van der Waals surface area contributed by atoms with Crippen molar-refractivity contribution in [3.63, 3.8) is 0 Å². The van der Waals surface area contributed by atoms with Crippen LogP contribution in [0.25, 0.3) is 0 Å². The number of rotatable bonds is 4. The van der Waals surface area contributed by atoms with Gasteiger partial charge in [0.2, 0.25) is 0 Å². The van der Waals surface area contributed by atoms with Gasteiger partial charge in [0.15, 0.2) is 22.7 Å². The van der Waals surface area contributed by atoms with Crippen LogP contribution in [0.1, 0.15) is 27.7 Å². The Morgan fingerprint density at radius 2 is 1.58 bits per heavy atom. The lowest BCUT2D eigenvalue weighted by Crippen LogP contribution is -2.52. The molecule has 4 aliphatic heterocycles. The zero-order valence-electron chi connectivity index (χ0n) is 15.1. The molecule has 0 aromatic carbocycles. The van der Waals surface area contributed by atoms with Gasteiger partial charge in [-0.15, -0.1) is 0 Å². The highest BCUT2D eigenvalue weighted by molar-refractivity contribution is 6.44. The first-order valence-electron chi connectivity index (χ1n) is 8.68. The molecule has 0 aromatic heterocycles. The fraction of sp³-hybridized carbons (Fsp3) is 1.00. The SMILES string of the molecule is CC1(C)O[C@H]2O[C@H]([C@H]3COC(C)(C)O3)[C@H](OC3(C(Cl)Cl)OCCO3)[C@H]2O1. The van der Waals surface area contributed by atoms with E-state index < -0.39 is 47.0 Å². The molecule has 0 N–H and O–H groups in total. The number of hydrogen-bond donors (Lipinski definition) is 0. The summed E-state index contributed by atoms with van der Waals surface area (Å²) in [7, 11) is 0. The Hall–Kier alpha value is 0.260. The average molecular weight is 415 g/mol. The molecule has 4 heterocycles. The lowest BCUT2D eigenvalue weighted by Gasteiger charge is -2.35. The maximum absolute atomic E-state index is 6.15. The van der Waals surface area contributed by atoms with Gasteiger partial charge in [-0.25, -0.2) is 0 Å². The maximum Gasteiger partial charge on any atom is 0.315 e. The maximum atomic E-state index is 6.15. The van der Waals surface area contributed by atoms with Crippen LogP contribution in [0.3, 0.4) is 0 Å². The molecule has 150 valence electrons. The van der Waals surface area contributed by atoms with E-state index in [1.807, 2.05) is 27.7 Å². The van der Waals surface area contributed by atoms with Crippen LogP contribution < -0.4 is 0 Å². The summed E-state index contributed by atoms with van der Waals surface area (Å²) in [6.07, 6.45) is -2.67. The van der Waals surface area contributed by atoms with Crippen molar-refractivity contribution in [2.24, 2.45) is 0 Å². The number of hydrogen-bond acceptors (Lipinski definition) is 8. The molecule has 4 saturated heterocycles. The molecule has 0 aromatic rings. The van der Waals surface area contributed by atoms with Gasteiger partial charge in [-0.1, -0.05) is 23.2 Å².